The third-order valence-corrected chi connectivity index (χ3v) is 3.97. The first-order chi connectivity index (χ1) is 5.75. The number of halogens is 1. The lowest BCUT2D eigenvalue weighted by molar-refractivity contribution is 0.827. The van der Waals surface area contributed by atoms with E-state index in [1.807, 2.05) is 18.2 Å². The first-order valence-corrected chi connectivity index (χ1v) is 6.90. The van der Waals surface area contributed by atoms with Gasteiger partial charge in [0.15, 0.2) is 0 Å². The molecule has 66 valence electrons. The molecule has 0 bridgehead atoms. The van der Waals surface area contributed by atoms with Crippen molar-refractivity contribution < 1.29 is 0 Å². The van der Waals surface area contributed by atoms with E-state index in [2.05, 4.69) is 30.5 Å². The topological polar surface area (TPSA) is 3.24 Å². The lowest BCUT2D eigenvalue weighted by Crippen LogP contribution is -2.31. The van der Waals surface area contributed by atoms with Crippen LogP contribution in [0.25, 0.3) is 0 Å². The van der Waals surface area contributed by atoms with Gasteiger partial charge in [-0.3, -0.25) is 0 Å². The van der Waals surface area contributed by atoms with E-state index in [4.69, 9.17) is 11.1 Å². The normalized spacial score (nSPS) is 11.3. The molecular weight excluding hydrogens is 186 g/mol. The second-order valence-electron chi connectivity index (χ2n) is 3.02. The van der Waals surface area contributed by atoms with E-state index in [0.29, 0.717) is 6.04 Å². The van der Waals surface area contributed by atoms with E-state index < -0.39 is 8.99 Å². The quantitative estimate of drug-likeness (QED) is 0.533. The van der Waals surface area contributed by atoms with Gasteiger partial charge in [-0.05, 0) is 26.0 Å². The largest absolute Gasteiger partial charge is 0.388 e. The standard InChI is InChI=1S/C9H14ClNSi/c1-8(2)11(12-10)9-6-4-3-5-7-9/h3-8H,12H2,1-2H3. The number of para-hydroxylation sites is 1. The van der Waals surface area contributed by atoms with Crippen LogP contribution in [0.2, 0.25) is 0 Å². The maximum Gasteiger partial charge on any atom is 0.224 e. The fourth-order valence-corrected chi connectivity index (χ4v) is 2.99. The number of nitrogens with zero attached hydrogens (tertiary/aromatic N) is 1. The fourth-order valence-electron chi connectivity index (χ4n) is 1.12. The molecule has 0 radical (unpaired) electrons. The van der Waals surface area contributed by atoms with Gasteiger partial charge in [0.25, 0.3) is 0 Å². The Bertz CT molecular complexity index is 225. The first-order valence-electron chi connectivity index (χ1n) is 4.13. The average Bonchev–Trinajstić information content (AvgIpc) is 2.07. The van der Waals surface area contributed by atoms with Gasteiger partial charge >= 0.3 is 0 Å². The zero-order chi connectivity index (χ0) is 8.97. The van der Waals surface area contributed by atoms with Crippen LogP contribution in [-0.4, -0.2) is 15.0 Å². The summed E-state index contributed by atoms with van der Waals surface area (Å²) in [5.74, 6) is 0. The van der Waals surface area contributed by atoms with Crippen LogP contribution >= 0.6 is 11.1 Å². The SMILES string of the molecule is CC(C)N([SiH2]Cl)c1ccccc1. The van der Waals surface area contributed by atoms with Crippen molar-refractivity contribution >= 4 is 25.8 Å². The maximum atomic E-state index is 5.96. The number of rotatable bonds is 3. The van der Waals surface area contributed by atoms with E-state index in [9.17, 15) is 0 Å². The molecule has 0 amide bonds. The minimum absolute atomic E-state index is 0.511. The van der Waals surface area contributed by atoms with Gasteiger partial charge in [-0.1, -0.05) is 18.2 Å². The van der Waals surface area contributed by atoms with Crippen LogP contribution in [0.3, 0.4) is 0 Å². The summed E-state index contributed by atoms with van der Waals surface area (Å²) >= 11 is 5.96. The van der Waals surface area contributed by atoms with Crippen LogP contribution in [0.4, 0.5) is 5.69 Å². The molecule has 3 heteroatoms. The number of hydrogen-bond acceptors (Lipinski definition) is 1. The molecule has 0 aliphatic rings. The molecule has 0 atom stereocenters. The van der Waals surface area contributed by atoms with E-state index in [0.717, 1.165) is 0 Å². The number of hydrogen-bond donors (Lipinski definition) is 0. The Morgan fingerprint density at radius 2 is 1.83 bits per heavy atom. The fraction of sp³-hybridized carbons (Fsp3) is 0.333. The third kappa shape index (κ3) is 2.25. The van der Waals surface area contributed by atoms with Crippen LogP contribution in [0.5, 0.6) is 0 Å². The van der Waals surface area contributed by atoms with E-state index in [1.165, 1.54) is 5.69 Å². The second-order valence-corrected chi connectivity index (χ2v) is 4.66. The Morgan fingerprint density at radius 3 is 2.25 bits per heavy atom. The zero-order valence-corrected chi connectivity index (χ0v) is 9.67. The Labute approximate surface area is 80.9 Å². The monoisotopic (exact) mass is 199 g/mol. The number of anilines is 1. The maximum absolute atomic E-state index is 5.96. The zero-order valence-electron chi connectivity index (χ0n) is 7.50. The van der Waals surface area contributed by atoms with E-state index in [-0.39, 0.29) is 0 Å². The summed E-state index contributed by atoms with van der Waals surface area (Å²) in [4.78, 5) is 0. The molecule has 0 heterocycles. The summed E-state index contributed by atoms with van der Waals surface area (Å²) in [6.45, 7) is 4.34. The lowest BCUT2D eigenvalue weighted by atomic mass is 10.3. The molecule has 0 N–H and O–H groups in total. The van der Waals surface area contributed by atoms with Gasteiger partial charge < -0.3 is 4.57 Å². The Hall–Kier alpha value is -0.473. The highest BCUT2D eigenvalue weighted by Gasteiger charge is 2.07. The summed E-state index contributed by atoms with van der Waals surface area (Å²) in [6, 6.07) is 10.8. The van der Waals surface area contributed by atoms with Gasteiger partial charge in [-0.15, -0.1) is 11.1 Å². The predicted molar refractivity (Wildman–Crippen MR) is 58.5 cm³/mol. The average molecular weight is 200 g/mol. The Morgan fingerprint density at radius 1 is 1.25 bits per heavy atom. The lowest BCUT2D eigenvalue weighted by Gasteiger charge is -2.26. The van der Waals surface area contributed by atoms with E-state index in [1.54, 1.807) is 0 Å². The van der Waals surface area contributed by atoms with Crippen LogP contribution in [0.15, 0.2) is 30.3 Å². The highest BCUT2D eigenvalue weighted by atomic mass is 35.6. The molecule has 0 fully saturated rings. The smallest absolute Gasteiger partial charge is 0.224 e. The molecule has 0 spiro atoms. The van der Waals surface area contributed by atoms with Crippen LogP contribution in [-0.2, 0) is 0 Å². The van der Waals surface area contributed by atoms with Gasteiger partial charge in [0.05, 0.1) is 0 Å². The molecule has 1 aromatic carbocycles. The van der Waals surface area contributed by atoms with Crippen molar-refractivity contribution in [3.05, 3.63) is 30.3 Å². The van der Waals surface area contributed by atoms with Crippen LogP contribution < -0.4 is 4.57 Å². The third-order valence-electron chi connectivity index (χ3n) is 1.84. The molecule has 0 aromatic heterocycles. The molecule has 0 aliphatic heterocycles. The minimum atomic E-state index is -0.612. The van der Waals surface area contributed by atoms with Crippen molar-refractivity contribution in [1.82, 2.24) is 0 Å². The molecular formula is C9H14ClNSi. The number of benzene rings is 1. The van der Waals surface area contributed by atoms with Crippen molar-refractivity contribution in [2.24, 2.45) is 0 Å². The molecule has 0 saturated carbocycles. The van der Waals surface area contributed by atoms with Crippen molar-refractivity contribution in [3.8, 4) is 0 Å². The van der Waals surface area contributed by atoms with Gasteiger partial charge in [0.1, 0.15) is 0 Å². The van der Waals surface area contributed by atoms with E-state index >= 15 is 0 Å². The van der Waals surface area contributed by atoms with Gasteiger partial charge in [0.2, 0.25) is 8.99 Å². The minimum Gasteiger partial charge on any atom is -0.388 e. The summed E-state index contributed by atoms with van der Waals surface area (Å²) in [5, 5.41) is 0. The molecule has 0 aliphatic carbocycles. The molecule has 1 aromatic rings. The van der Waals surface area contributed by atoms with Gasteiger partial charge in [-0.25, -0.2) is 0 Å². The van der Waals surface area contributed by atoms with Crippen LogP contribution in [0, 0.1) is 0 Å². The van der Waals surface area contributed by atoms with Crippen molar-refractivity contribution in [2.45, 2.75) is 19.9 Å². The summed E-state index contributed by atoms with van der Waals surface area (Å²) < 4.78 is 2.28. The second kappa shape index (κ2) is 4.53. The summed E-state index contributed by atoms with van der Waals surface area (Å²) in [7, 11) is -0.612. The van der Waals surface area contributed by atoms with Gasteiger partial charge in [-0.2, -0.15) is 0 Å². The molecule has 1 rings (SSSR count). The predicted octanol–water partition coefficient (Wildman–Crippen LogP) is 2.14. The van der Waals surface area contributed by atoms with Crippen LogP contribution in [0.1, 0.15) is 13.8 Å². The molecule has 1 nitrogen and oxygen atoms in total. The highest BCUT2D eigenvalue weighted by molar-refractivity contribution is 6.95. The Balaban J connectivity index is 2.80. The van der Waals surface area contributed by atoms with Crippen molar-refractivity contribution in [1.29, 1.82) is 0 Å². The molecule has 12 heavy (non-hydrogen) atoms. The van der Waals surface area contributed by atoms with Crippen molar-refractivity contribution in [2.75, 3.05) is 4.57 Å². The Kier molecular flexibility index (Phi) is 3.63. The molecule has 0 unspecified atom stereocenters. The van der Waals surface area contributed by atoms with Gasteiger partial charge in [0, 0.05) is 11.7 Å². The van der Waals surface area contributed by atoms with Crippen molar-refractivity contribution in [3.63, 3.8) is 0 Å². The molecule has 0 saturated heterocycles. The summed E-state index contributed by atoms with van der Waals surface area (Å²) in [5.41, 5.74) is 1.24. The highest BCUT2D eigenvalue weighted by Crippen LogP contribution is 2.15. The summed E-state index contributed by atoms with van der Waals surface area (Å²) in [6.07, 6.45) is 0. The first kappa shape index (κ1) is 9.61.